The van der Waals surface area contributed by atoms with E-state index in [0.717, 1.165) is 32.4 Å². The van der Waals surface area contributed by atoms with E-state index in [1.54, 1.807) is 7.11 Å². The van der Waals surface area contributed by atoms with Gasteiger partial charge in [0.1, 0.15) is 0 Å². The summed E-state index contributed by atoms with van der Waals surface area (Å²) in [5.74, 6) is 0.299. The molecule has 0 spiro atoms. The lowest BCUT2D eigenvalue weighted by Gasteiger charge is -2.34. The number of amidine groups is 1. The summed E-state index contributed by atoms with van der Waals surface area (Å²) < 4.78 is 15.7. The summed E-state index contributed by atoms with van der Waals surface area (Å²) in [4.78, 5) is 2.21. The van der Waals surface area contributed by atoms with Crippen LogP contribution >= 0.6 is 0 Å². The summed E-state index contributed by atoms with van der Waals surface area (Å²) in [6.07, 6.45) is 3.21. The maximum Gasteiger partial charge on any atom is 0.156 e. The average molecular weight is 289 g/mol. The molecule has 0 amide bonds. The normalized spacial score (nSPS) is 21.2. The molecule has 1 saturated heterocycles. The van der Waals surface area contributed by atoms with Crippen LogP contribution in [0.25, 0.3) is 0 Å². The highest BCUT2D eigenvalue weighted by atomic mass is 16.5. The molecule has 1 heterocycles. The maximum atomic E-state index is 8.80. The molecule has 1 rings (SSSR count). The van der Waals surface area contributed by atoms with E-state index in [4.69, 9.17) is 25.2 Å². The minimum absolute atomic E-state index is 0.0373. The molecule has 0 aromatic carbocycles. The molecular weight excluding hydrogens is 262 g/mol. The third-order valence-corrected chi connectivity index (χ3v) is 3.40. The number of oxime groups is 1. The van der Waals surface area contributed by atoms with Crippen LogP contribution in [0.15, 0.2) is 5.16 Å². The fraction of sp³-hybridized carbons (Fsp3) is 0.923. The van der Waals surface area contributed by atoms with Crippen molar-refractivity contribution in [3.63, 3.8) is 0 Å². The maximum absolute atomic E-state index is 8.80. The summed E-state index contributed by atoms with van der Waals surface area (Å²) >= 11 is 0. The van der Waals surface area contributed by atoms with Crippen molar-refractivity contribution in [1.29, 1.82) is 0 Å². The second-order valence-electron chi connectivity index (χ2n) is 4.79. The Hall–Kier alpha value is -0.890. The standard InChI is InChI=1S/C13H27N3O4/c1-18-8-9-20-11-10-19-7-6-16-5-3-2-4-12(16)13(14)15-17/h12,17H,2-11H2,1H3,(H2,14,15). The summed E-state index contributed by atoms with van der Waals surface area (Å²) in [5, 5.41) is 11.9. The Balaban J connectivity index is 2.10. The molecule has 1 unspecified atom stereocenters. The zero-order valence-corrected chi connectivity index (χ0v) is 12.3. The lowest BCUT2D eigenvalue weighted by atomic mass is 10.0. The number of ether oxygens (including phenoxy) is 3. The number of likely N-dealkylation sites (tertiary alicyclic amines) is 1. The Morgan fingerprint density at radius 1 is 1.20 bits per heavy atom. The first-order valence-electron chi connectivity index (χ1n) is 7.15. The van der Waals surface area contributed by atoms with E-state index in [1.807, 2.05) is 0 Å². The van der Waals surface area contributed by atoms with Gasteiger partial charge in [0, 0.05) is 13.7 Å². The van der Waals surface area contributed by atoms with Crippen LogP contribution in [0.3, 0.4) is 0 Å². The van der Waals surface area contributed by atoms with Crippen molar-refractivity contribution < 1.29 is 19.4 Å². The van der Waals surface area contributed by atoms with E-state index in [0.29, 0.717) is 38.9 Å². The number of piperidine rings is 1. The number of nitrogens with two attached hydrogens (primary N) is 1. The van der Waals surface area contributed by atoms with Crippen LogP contribution in [0.4, 0.5) is 0 Å². The van der Waals surface area contributed by atoms with Gasteiger partial charge in [0.15, 0.2) is 5.84 Å². The molecule has 1 fully saturated rings. The molecule has 20 heavy (non-hydrogen) atoms. The van der Waals surface area contributed by atoms with Crippen molar-refractivity contribution in [1.82, 2.24) is 4.90 Å². The van der Waals surface area contributed by atoms with Gasteiger partial charge in [-0.15, -0.1) is 0 Å². The molecule has 0 aromatic rings. The Labute approximate surface area is 120 Å². The number of nitrogens with zero attached hydrogens (tertiary/aromatic N) is 2. The van der Waals surface area contributed by atoms with Crippen molar-refractivity contribution in [2.24, 2.45) is 10.9 Å². The monoisotopic (exact) mass is 289 g/mol. The molecule has 0 aliphatic carbocycles. The lowest BCUT2D eigenvalue weighted by molar-refractivity contribution is 0.0165. The third-order valence-electron chi connectivity index (χ3n) is 3.40. The van der Waals surface area contributed by atoms with Gasteiger partial charge >= 0.3 is 0 Å². The van der Waals surface area contributed by atoms with Gasteiger partial charge in [-0.3, -0.25) is 4.90 Å². The van der Waals surface area contributed by atoms with Crippen molar-refractivity contribution in [3.05, 3.63) is 0 Å². The topological polar surface area (TPSA) is 89.5 Å². The van der Waals surface area contributed by atoms with Crippen LogP contribution in [0.1, 0.15) is 19.3 Å². The molecule has 1 aliphatic rings. The van der Waals surface area contributed by atoms with Crippen molar-refractivity contribution in [3.8, 4) is 0 Å². The smallest absolute Gasteiger partial charge is 0.156 e. The molecule has 7 heteroatoms. The van der Waals surface area contributed by atoms with Gasteiger partial charge in [0.2, 0.25) is 0 Å². The van der Waals surface area contributed by atoms with Gasteiger partial charge in [0.05, 0.1) is 39.1 Å². The first kappa shape index (κ1) is 17.2. The number of hydrogen-bond acceptors (Lipinski definition) is 6. The molecule has 1 aliphatic heterocycles. The molecule has 1 atom stereocenters. The molecule has 0 saturated carbocycles. The van der Waals surface area contributed by atoms with E-state index in [1.165, 1.54) is 0 Å². The molecule has 7 nitrogen and oxygen atoms in total. The van der Waals surface area contributed by atoms with E-state index < -0.39 is 0 Å². The first-order valence-corrected chi connectivity index (χ1v) is 7.15. The molecule has 0 bridgehead atoms. The largest absolute Gasteiger partial charge is 0.409 e. The van der Waals surface area contributed by atoms with Crippen LogP contribution < -0.4 is 5.73 Å². The van der Waals surface area contributed by atoms with Gasteiger partial charge < -0.3 is 25.2 Å². The number of rotatable bonds is 10. The minimum atomic E-state index is 0.0373. The van der Waals surface area contributed by atoms with Crippen molar-refractivity contribution >= 4 is 5.84 Å². The Morgan fingerprint density at radius 2 is 1.90 bits per heavy atom. The van der Waals surface area contributed by atoms with Crippen LogP contribution in [0.2, 0.25) is 0 Å². The Morgan fingerprint density at radius 3 is 2.60 bits per heavy atom. The van der Waals surface area contributed by atoms with Gasteiger partial charge in [-0.25, -0.2) is 0 Å². The fourth-order valence-corrected chi connectivity index (χ4v) is 2.31. The highest BCUT2D eigenvalue weighted by Crippen LogP contribution is 2.16. The minimum Gasteiger partial charge on any atom is -0.409 e. The first-order chi connectivity index (χ1) is 9.79. The van der Waals surface area contributed by atoms with Crippen LogP contribution in [-0.2, 0) is 14.2 Å². The van der Waals surface area contributed by atoms with Crippen LogP contribution in [0, 0.1) is 0 Å². The average Bonchev–Trinajstić information content (AvgIpc) is 2.49. The van der Waals surface area contributed by atoms with E-state index in [2.05, 4.69) is 10.1 Å². The Bertz CT molecular complexity index is 276. The zero-order chi connectivity index (χ0) is 14.6. The molecular formula is C13H27N3O4. The van der Waals surface area contributed by atoms with E-state index in [9.17, 15) is 0 Å². The second kappa shape index (κ2) is 10.8. The summed E-state index contributed by atoms with van der Waals surface area (Å²) in [5.41, 5.74) is 5.72. The van der Waals surface area contributed by atoms with Gasteiger partial charge in [-0.05, 0) is 19.4 Å². The predicted octanol–water partition coefficient (Wildman–Crippen LogP) is 0.267. The molecule has 118 valence electrons. The summed E-state index contributed by atoms with van der Waals surface area (Å²) in [6.45, 7) is 4.74. The summed E-state index contributed by atoms with van der Waals surface area (Å²) in [6, 6.07) is 0.0373. The highest BCUT2D eigenvalue weighted by molar-refractivity contribution is 5.85. The SMILES string of the molecule is COCCOCCOCCN1CCCCC1C(N)=NO. The van der Waals surface area contributed by atoms with Crippen LogP contribution in [-0.4, -0.2) is 75.2 Å². The van der Waals surface area contributed by atoms with Crippen molar-refractivity contribution in [2.45, 2.75) is 25.3 Å². The lowest BCUT2D eigenvalue weighted by Crippen LogP contribution is -2.48. The van der Waals surface area contributed by atoms with Gasteiger partial charge in [-0.2, -0.15) is 0 Å². The number of methoxy groups -OCH3 is 1. The predicted molar refractivity (Wildman–Crippen MR) is 76.1 cm³/mol. The van der Waals surface area contributed by atoms with Gasteiger partial charge in [-0.1, -0.05) is 11.6 Å². The summed E-state index contributed by atoms with van der Waals surface area (Å²) in [7, 11) is 1.65. The quantitative estimate of drug-likeness (QED) is 0.197. The third kappa shape index (κ3) is 6.51. The molecule has 3 N–H and O–H groups in total. The zero-order valence-electron chi connectivity index (χ0n) is 12.3. The molecule has 0 aromatic heterocycles. The fourth-order valence-electron chi connectivity index (χ4n) is 2.31. The van der Waals surface area contributed by atoms with E-state index in [-0.39, 0.29) is 6.04 Å². The van der Waals surface area contributed by atoms with Crippen molar-refractivity contribution in [2.75, 3.05) is 53.2 Å². The van der Waals surface area contributed by atoms with E-state index >= 15 is 0 Å². The number of hydrogen-bond donors (Lipinski definition) is 2. The molecule has 0 radical (unpaired) electrons. The second-order valence-corrected chi connectivity index (χ2v) is 4.79. The van der Waals surface area contributed by atoms with Gasteiger partial charge in [0.25, 0.3) is 0 Å². The van der Waals surface area contributed by atoms with Crippen LogP contribution in [0.5, 0.6) is 0 Å². The Kier molecular flexibility index (Phi) is 9.31. The highest BCUT2D eigenvalue weighted by Gasteiger charge is 2.25.